The first-order valence-electron chi connectivity index (χ1n) is 8.33. The molecule has 0 aliphatic carbocycles. The largest absolute Gasteiger partial charge is 0.508 e. The molecule has 4 N–H and O–H groups in total. The van der Waals surface area contributed by atoms with Crippen molar-refractivity contribution < 1.29 is 28.2 Å². The number of aryl methyl sites for hydroxylation is 2. The summed E-state index contributed by atoms with van der Waals surface area (Å²) < 4.78 is 38.9. The summed E-state index contributed by atoms with van der Waals surface area (Å²) in [6.07, 6.45) is -2.72. The number of carboxylic acid groups (broad SMARTS) is 1. The standard InChI is InChI=1S/C18H15F3N4O4/c19-18(20,21)11-5-2-9(3-6-11)1-4-10-7-12(26)14(15(27)13(22)17(28)29)25-16(10)23-8-24-25/h2-3,5-8,13,27H,1,4,22H2,(H,28,29). The van der Waals surface area contributed by atoms with E-state index in [1.54, 1.807) is 0 Å². The normalized spacial score (nSPS) is 14.1. The fourth-order valence-corrected chi connectivity index (χ4v) is 2.84. The van der Waals surface area contributed by atoms with Crippen LogP contribution in [0.1, 0.15) is 16.7 Å². The van der Waals surface area contributed by atoms with Crippen LogP contribution in [-0.4, -0.2) is 36.8 Å². The topological polar surface area (TPSA) is 131 Å². The molecule has 0 bridgehead atoms. The number of alkyl halides is 3. The van der Waals surface area contributed by atoms with Gasteiger partial charge in [0.25, 0.3) is 0 Å². The van der Waals surface area contributed by atoms with Gasteiger partial charge in [-0.05, 0) is 36.6 Å². The molecular formula is C18H15F3N4O4. The van der Waals surface area contributed by atoms with Gasteiger partial charge in [-0.25, -0.2) is 9.50 Å². The van der Waals surface area contributed by atoms with E-state index >= 15 is 0 Å². The van der Waals surface area contributed by atoms with Crippen LogP contribution in [0.4, 0.5) is 13.2 Å². The number of aromatic nitrogens is 3. The van der Waals surface area contributed by atoms with E-state index in [-0.39, 0.29) is 12.1 Å². The molecule has 152 valence electrons. The van der Waals surface area contributed by atoms with Gasteiger partial charge in [-0.15, -0.1) is 0 Å². The molecule has 29 heavy (non-hydrogen) atoms. The van der Waals surface area contributed by atoms with Crippen LogP contribution < -0.4 is 16.5 Å². The lowest BCUT2D eigenvalue weighted by molar-refractivity contribution is -0.138. The molecule has 8 nitrogen and oxygen atoms in total. The number of rotatable bonds is 5. The molecule has 11 heteroatoms. The van der Waals surface area contributed by atoms with Gasteiger partial charge in [0.1, 0.15) is 6.33 Å². The molecule has 2 heterocycles. The predicted molar refractivity (Wildman–Crippen MR) is 95.0 cm³/mol. The molecule has 0 fully saturated rings. The average molecular weight is 408 g/mol. The van der Waals surface area contributed by atoms with Crippen molar-refractivity contribution in [3.05, 3.63) is 68.9 Å². The molecular weight excluding hydrogens is 393 g/mol. The molecule has 1 aromatic carbocycles. The van der Waals surface area contributed by atoms with Crippen LogP contribution in [0.3, 0.4) is 0 Å². The van der Waals surface area contributed by atoms with E-state index in [1.807, 2.05) is 0 Å². The smallest absolute Gasteiger partial charge is 0.416 e. The van der Waals surface area contributed by atoms with Crippen LogP contribution in [0, 0.1) is 0 Å². The second-order valence-corrected chi connectivity index (χ2v) is 6.27. The molecule has 0 spiro atoms. The quantitative estimate of drug-likeness (QED) is 0.566. The Labute approximate surface area is 160 Å². The van der Waals surface area contributed by atoms with E-state index in [0.29, 0.717) is 17.5 Å². The van der Waals surface area contributed by atoms with Crippen molar-refractivity contribution in [2.24, 2.45) is 5.73 Å². The Morgan fingerprint density at radius 1 is 1.17 bits per heavy atom. The number of aliphatic hydroxyl groups is 1. The Morgan fingerprint density at radius 2 is 1.83 bits per heavy atom. The van der Waals surface area contributed by atoms with Crippen LogP contribution in [0.2, 0.25) is 0 Å². The number of aliphatic carboxylic acids is 1. The number of fused-ring (bicyclic) bond motifs is 1. The molecule has 3 rings (SSSR count). The van der Waals surface area contributed by atoms with E-state index in [4.69, 9.17) is 10.8 Å². The Hall–Kier alpha value is -3.47. The minimum Gasteiger partial charge on any atom is -0.508 e. The Bertz CT molecular complexity index is 1170. The number of nitrogens with zero attached hydrogens (tertiary/aromatic N) is 3. The molecule has 2 aromatic heterocycles. The molecule has 1 atom stereocenters. The molecule has 0 radical (unpaired) electrons. The number of hydrogen-bond acceptors (Lipinski definition) is 6. The highest BCUT2D eigenvalue weighted by molar-refractivity contribution is 5.83. The lowest BCUT2D eigenvalue weighted by Gasteiger charge is -2.09. The van der Waals surface area contributed by atoms with Gasteiger partial charge in [-0.3, -0.25) is 9.59 Å². The van der Waals surface area contributed by atoms with Crippen LogP contribution >= 0.6 is 0 Å². The van der Waals surface area contributed by atoms with Gasteiger partial charge < -0.3 is 15.9 Å². The van der Waals surface area contributed by atoms with Crippen molar-refractivity contribution in [3.63, 3.8) is 0 Å². The van der Waals surface area contributed by atoms with Crippen molar-refractivity contribution in [2.45, 2.75) is 25.1 Å². The van der Waals surface area contributed by atoms with Gasteiger partial charge in [0.05, 0.1) is 5.56 Å². The van der Waals surface area contributed by atoms with E-state index in [9.17, 15) is 27.9 Å². The van der Waals surface area contributed by atoms with Crippen molar-refractivity contribution in [3.8, 4) is 0 Å². The van der Waals surface area contributed by atoms with Gasteiger partial charge in [0.15, 0.2) is 22.8 Å². The van der Waals surface area contributed by atoms with Crippen LogP contribution in [0.25, 0.3) is 11.4 Å². The third kappa shape index (κ3) is 4.04. The van der Waals surface area contributed by atoms with Gasteiger partial charge in [0, 0.05) is 5.56 Å². The second kappa shape index (κ2) is 7.51. The van der Waals surface area contributed by atoms with E-state index in [2.05, 4.69) is 10.1 Å². The summed E-state index contributed by atoms with van der Waals surface area (Å²) in [6.45, 7) is 0. The third-order valence-electron chi connectivity index (χ3n) is 4.35. The van der Waals surface area contributed by atoms with Crippen molar-refractivity contribution in [1.82, 2.24) is 14.6 Å². The molecule has 0 saturated carbocycles. The maximum Gasteiger partial charge on any atom is 0.416 e. The minimum atomic E-state index is -4.42. The first kappa shape index (κ1) is 20.3. The highest BCUT2D eigenvalue weighted by atomic mass is 19.4. The summed E-state index contributed by atoms with van der Waals surface area (Å²) in [5, 5.41) is 22.5. The van der Waals surface area contributed by atoms with Gasteiger partial charge in [-0.2, -0.15) is 18.3 Å². The number of carbonyl (C=O) groups is 1. The summed E-state index contributed by atoms with van der Waals surface area (Å²) in [5.74, 6) is -2.38. The number of halogens is 3. The fourth-order valence-electron chi connectivity index (χ4n) is 2.84. The lowest BCUT2D eigenvalue weighted by atomic mass is 10.0. The number of benzene rings is 1. The molecule has 0 amide bonds. The van der Waals surface area contributed by atoms with Crippen molar-refractivity contribution >= 4 is 17.4 Å². The lowest BCUT2D eigenvalue weighted by Crippen LogP contribution is -2.42. The molecule has 0 aliphatic heterocycles. The molecule has 0 aliphatic rings. The van der Waals surface area contributed by atoms with Gasteiger partial charge in [-0.1, -0.05) is 12.1 Å². The third-order valence-corrected chi connectivity index (χ3v) is 4.35. The zero-order chi connectivity index (χ0) is 21.3. The highest BCUT2D eigenvalue weighted by Crippen LogP contribution is 2.29. The molecule has 1 unspecified atom stereocenters. The second-order valence-electron chi connectivity index (χ2n) is 6.27. The number of nitrogens with two attached hydrogens (primary N) is 1. The zero-order valence-corrected chi connectivity index (χ0v) is 14.7. The van der Waals surface area contributed by atoms with Crippen molar-refractivity contribution in [2.75, 3.05) is 0 Å². The summed E-state index contributed by atoms with van der Waals surface area (Å²) >= 11 is 0. The number of pyridine rings is 1. The predicted octanol–water partition coefficient (Wildman–Crippen LogP) is 0.690. The van der Waals surface area contributed by atoms with Gasteiger partial charge in [0.2, 0.25) is 5.43 Å². The van der Waals surface area contributed by atoms with E-state index < -0.39 is 40.3 Å². The van der Waals surface area contributed by atoms with E-state index in [1.165, 1.54) is 18.2 Å². The summed E-state index contributed by atoms with van der Waals surface area (Å²) in [7, 11) is 0. The van der Waals surface area contributed by atoms with Gasteiger partial charge >= 0.3 is 12.1 Å². The first-order chi connectivity index (χ1) is 13.6. The van der Waals surface area contributed by atoms with Crippen LogP contribution in [0.15, 0.2) is 41.5 Å². The maximum atomic E-state index is 12.6. The minimum absolute atomic E-state index is 0.204. The van der Waals surface area contributed by atoms with Crippen molar-refractivity contribution in [1.29, 1.82) is 0 Å². The Morgan fingerprint density at radius 3 is 2.41 bits per heavy atom. The van der Waals surface area contributed by atoms with Crippen LogP contribution in [-0.2, 0) is 23.8 Å². The highest BCUT2D eigenvalue weighted by Gasteiger charge is 2.29. The Kier molecular flexibility index (Phi) is 5.25. The zero-order valence-electron chi connectivity index (χ0n) is 14.7. The number of carboxylic acids is 1. The fraction of sp³-hybridized carbons (Fsp3) is 0.222. The number of hydrogen-bond donors (Lipinski definition) is 3. The molecule has 3 aromatic rings. The number of aliphatic hydroxyl groups excluding tert-OH is 1. The summed E-state index contributed by atoms with van der Waals surface area (Å²) in [5.41, 5.74) is 5.17. The maximum absolute atomic E-state index is 12.6. The van der Waals surface area contributed by atoms with Crippen LogP contribution in [0.5, 0.6) is 0 Å². The Balaban J connectivity index is 1.96. The average Bonchev–Trinajstić information content (AvgIpc) is 3.14. The first-order valence-corrected chi connectivity index (χ1v) is 8.33. The summed E-state index contributed by atoms with van der Waals surface area (Å²) in [4.78, 5) is 27.4. The molecule has 0 saturated heterocycles. The SMILES string of the molecule is NC(C(=O)O)C(O)=c1c(=O)cc(CCc2ccc(C(F)(F)F)cc2)c2ncnn12. The monoisotopic (exact) mass is 408 g/mol. The van der Waals surface area contributed by atoms with E-state index in [0.717, 1.165) is 23.0 Å². The summed E-state index contributed by atoms with van der Waals surface area (Å²) in [6, 6.07) is 4.01.